The Labute approximate surface area is 124 Å². The Morgan fingerprint density at radius 3 is 2.52 bits per heavy atom. The molecule has 1 aliphatic heterocycles. The Morgan fingerprint density at radius 1 is 1.33 bits per heavy atom. The first-order valence-corrected chi connectivity index (χ1v) is 8.31. The van der Waals surface area contributed by atoms with Crippen LogP contribution in [0.3, 0.4) is 0 Å². The van der Waals surface area contributed by atoms with Gasteiger partial charge in [-0.05, 0) is 50.6 Å². The van der Waals surface area contributed by atoms with Gasteiger partial charge in [0.15, 0.2) is 0 Å². The van der Waals surface area contributed by atoms with Gasteiger partial charge in [-0.15, -0.1) is 0 Å². The number of benzene rings is 1. The van der Waals surface area contributed by atoms with Crippen LogP contribution in [0.2, 0.25) is 0 Å². The highest BCUT2D eigenvalue weighted by molar-refractivity contribution is 7.89. The summed E-state index contributed by atoms with van der Waals surface area (Å²) in [5.41, 5.74) is 0.306. The quantitative estimate of drug-likeness (QED) is 0.868. The molecule has 6 nitrogen and oxygen atoms in total. The van der Waals surface area contributed by atoms with Crippen molar-refractivity contribution in [2.24, 2.45) is 0 Å². The van der Waals surface area contributed by atoms with E-state index in [-0.39, 0.29) is 22.1 Å². The molecule has 0 atom stereocenters. The second-order valence-electron chi connectivity index (χ2n) is 5.24. The average Bonchev–Trinajstić information content (AvgIpc) is 2.47. The predicted octanol–water partition coefficient (Wildman–Crippen LogP) is 1.07. The monoisotopic (exact) mass is 312 g/mol. The number of piperidine rings is 1. The lowest BCUT2D eigenvalue weighted by atomic mass is 10.1. The van der Waals surface area contributed by atoms with Gasteiger partial charge in [-0.1, -0.05) is 6.07 Å². The summed E-state index contributed by atoms with van der Waals surface area (Å²) >= 11 is 0. The minimum absolute atomic E-state index is 0.0229. The highest BCUT2D eigenvalue weighted by atomic mass is 32.2. The summed E-state index contributed by atoms with van der Waals surface area (Å²) in [5.74, 6) is -1.12. The van der Waals surface area contributed by atoms with Gasteiger partial charge in [0.05, 0.1) is 10.5 Å². The van der Waals surface area contributed by atoms with Crippen LogP contribution >= 0.6 is 0 Å². The Morgan fingerprint density at radius 2 is 1.95 bits per heavy atom. The molecule has 21 heavy (non-hydrogen) atoms. The average molecular weight is 312 g/mol. The Bertz CT molecular complexity index is 636. The van der Waals surface area contributed by atoms with Gasteiger partial charge in [0.1, 0.15) is 0 Å². The normalized spacial score (nSPS) is 17.1. The fraction of sp³-hybridized carbons (Fsp3) is 0.500. The topological polar surface area (TPSA) is 86.7 Å². The van der Waals surface area contributed by atoms with Crippen molar-refractivity contribution < 1.29 is 18.3 Å². The highest BCUT2D eigenvalue weighted by Gasteiger charge is 2.30. The van der Waals surface area contributed by atoms with Crippen molar-refractivity contribution >= 4 is 16.0 Å². The number of sulfonamides is 1. The van der Waals surface area contributed by atoms with Crippen LogP contribution in [0.5, 0.6) is 0 Å². The molecule has 0 amide bonds. The molecular weight excluding hydrogens is 292 g/mol. The summed E-state index contributed by atoms with van der Waals surface area (Å²) in [4.78, 5) is 11.2. The van der Waals surface area contributed by atoms with Gasteiger partial charge < -0.3 is 10.4 Å². The maximum atomic E-state index is 12.7. The van der Waals surface area contributed by atoms with Crippen LogP contribution in [-0.4, -0.2) is 50.0 Å². The SMILES string of the molecule is Cc1c(C(=O)O)cccc1S(=O)(=O)N(C)C1CCNCC1. The highest BCUT2D eigenvalue weighted by Crippen LogP contribution is 2.25. The van der Waals surface area contributed by atoms with E-state index in [1.807, 2.05) is 0 Å². The summed E-state index contributed by atoms with van der Waals surface area (Å²) in [6.07, 6.45) is 1.51. The Kier molecular flexibility index (Phi) is 4.65. The smallest absolute Gasteiger partial charge is 0.335 e. The number of nitrogens with zero attached hydrogens (tertiary/aromatic N) is 1. The number of aromatic carboxylic acids is 1. The van der Waals surface area contributed by atoms with E-state index >= 15 is 0 Å². The van der Waals surface area contributed by atoms with Crippen molar-refractivity contribution in [1.29, 1.82) is 0 Å². The molecular formula is C14H20N2O4S. The van der Waals surface area contributed by atoms with Crippen LogP contribution in [0.15, 0.2) is 23.1 Å². The lowest BCUT2D eigenvalue weighted by molar-refractivity contribution is 0.0696. The molecule has 0 radical (unpaired) electrons. The van der Waals surface area contributed by atoms with E-state index in [2.05, 4.69) is 5.32 Å². The van der Waals surface area contributed by atoms with E-state index < -0.39 is 16.0 Å². The van der Waals surface area contributed by atoms with Crippen molar-refractivity contribution in [1.82, 2.24) is 9.62 Å². The minimum Gasteiger partial charge on any atom is -0.478 e. The third kappa shape index (κ3) is 3.09. The lowest BCUT2D eigenvalue weighted by Crippen LogP contribution is -2.44. The Hall–Kier alpha value is -1.44. The van der Waals surface area contributed by atoms with Crippen LogP contribution in [0.4, 0.5) is 0 Å². The van der Waals surface area contributed by atoms with Crippen LogP contribution in [0.25, 0.3) is 0 Å². The Balaban J connectivity index is 2.39. The van der Waals surface area contributed by atoms with Crippen LogP contribution in [0.1, 0.15) is 28.8 Å². The molecule has 1 aromatic carbocycles. The number of hydrogen-bond donors (Lipinski definition) is 2. The maximum absolute atomic E-state index is 12.7. The van der Waals surface area contributed by atoms with Gasteiger partial charge >= 0.3 is 5.97 Å². The first kappa shape index (κ1) is 15.9. The molecule has 2 rings (SSSR count). The fourth-order valence-electron chi connectivity index (χ4n) is 2.65. The molecule has 2 N–H and O–H groups in total. The minimum atomic E-state index is -3.68. The lowest BCUT2D eigenvalue weighted by Gasteiger charge is -2.31. The number of carboxylic acids is 1. The summed E-state index contributed by atoms with van der Waals surface area (Å²) in [7, 11) is -2.12. The molecule has 0 bridgehead atoms. The molecule has 1 aliphatic rings. The molecule has 0 unspecified atom stereocenters. The molecule has 7 heteroatoms. The maximum Gasteiger partial charge on any atom is 0.335 e. The summed E-state index contributed by atoms with van der Waals surface area (Å²) in [6, 6.07) is 4.30. The molecule has 116 valence electrons. The zero-order chi connectivity index (χ0) is 15.6. The fourth-order valence-corrected chi connectivity index (χ4v) is 4.31. The van der Waals surface area contributed by atoms with E-state index in [0.717, 1.165) is 25.9 Å². The first-order chi connectivity index (χ1) is 9.85. The zero-order valence-corrected chi connectivity index (χ0v) is 13.0. The van der Waals surface area contributed by atoms with E-state index in [1.54, 1.807) is 7.05 Å². The second-order valence-corrected chi connectivity index (χ2v) is 7.20. The number of carbonyl (C=O) groups is 1. The third-order valence-electron chi connectivity index (χ3n) is 3.99. The van der Waals surface area contributed by atoms with E-state index in [9.17, 15) is 13.2 Å². The van der Waals surface area contributed by atoms with Gasteiger partial charge in [0, 0.05) is 13.1 Å². The molecule has 0 aromatic heterocycles. The number of nitrogens with one attached hydrogen (secondary N) is 1. The first-order valence-electron chi connectivity index (χ1n) is 6.87. The molecule has 1 saturated heterocycles. The van der Waals surface area contributed by atoms with Crippen molar-refractivity contribution in [2.75, 3.05) is 20.1 Å². The van der Waals surface area contributed by atoms with Gasteiger partial charge in [0.25, 0.3) is 0 Å². The predicted molar refractivity (Wildman–Crippen MR) is 79.0 cm³/mol. The van der Waals surface area contributed by atoms with Gasteiger partial charge in [-0.3, -0.25) is 0 Å². The second kappa shape index (κ2) is 6.13. The van der Waals surface area contributed by atoms with Crippen LogP contribution < -0.4 is 5.32 Å². The van der Waals surface area contributed by atoms with Crippen molar-refractivity contribution in [3.8, 4) is 0 Å². The van der Waals surface area contributed by atoms with Crippen molar-refractivity contribution in [3.63, 3.8) is 0 Å². The molecule has 0 aliphatic carbocycles. The molecule has 1 heterocycles. The van der Waals surface area contributed by atoms with Crippen molar-refractivity contribution in [2.45, 2.75) is 30.7 Å². The van der Waals surface area contributed by atoms with E-state index in [1.165, 1.54) is 29.4 Å². The summed E-state index contributed by atoms with van der Waals surface area (Å²) in [5, 5.41) is 12.3. The van der Waals surface area contributed by atoms with Gasteiger partial charge in [-0.25, -0.2) is 13.2 Å². The van der Waals surface area contributed by atoms with Crippen molar-refractivity contribution in [3.05, 3.63) is 29.3 Å². The molecule has 0 saturated carbocycles. The standard InChI is InChI=1S/C14H20N2O4S/c1-10-12(14(17)18)4-3-5-13(10)21(19,20)16(2)11-6-8-15-9-7-11/h3-5,11,15H,6-9H2,1-2H3,(H,17,18). The number of hydrogen-bond acceptors (Lipinski definition) is 4. The molecule has 1 aromatic rings. The van der Waals surface area contributed by atoms with Crippen LogP contribution in [-0.2, 0) is 10.0 Å². The third-order valence-corrected chi connectivity index (χ3v) is 6.05. The van der Waals surface area contributed by atoms with Gasteiger partial charge in [-0.2, -0.15) is 4.31 Å². The van der Waals surface area contributed by atoms with Gasteiger partial charge in [0.2, 0.25) is 10.0 Å². The van der Waals surface area contributed by atoms with E-state index in [0.29, 0.717) is 0 Å². The molecule has 1 fully saturated rings. The van der Waals surface area contributed by atoms with Crippen LogP contribution in [0, 0.1) is 6.92 Å². The number of carboxylic acid groups (broad SMARTS) is 1. The van der Waals surface area contributed by atoms with E-state index in [4.69, 9.17) is 5.11 Å². The number of rotatable bonds is 4. The zero-order valence-electron chi connectivity index (χ0n) is 12.2. The summed E-state index contributed by atoms with van der Waals surface area (Å²) in [6.45, 7) is 3.12. The summed E-state index contributed by atoms with van der Waals surface area (Å²) < 4.78 is 26.9. The largest absolute Gasteiger partial charge is 0.478 e. The molecule has 0 spiro atoms.